The monoisotopic (exact) mass is 495 g/mol. The Morgan fingerprint density at radius 2 is 1.81 bits per heavy atom. The second kappa shape index (κ2) is 9.17. The second-order valence-corrected chi connectivity index (χ2v) is 11.3. The first kappa shape index (κ1) is 25.3. The number of nitrogens with one attached hydrogen (secondary N) is 1. The molecule has 3 aliphatic heterocycles. The molecule has 2 aromatic heterocycles. The Labute approximate surface area is 213 Å². The van der Waals surface area contributed by atoms with Crippen molar-refractivity contribution in [3.63, 3.8) is 0 Å². The molecule has 5 rings (SSSR count). The quantitative estimate of drug-likeness (QED) is 0.632. The maximum Gasteiger partial charge on any atom is 0.496 e. The van der Waals surface area contributed by atoms with Crippen molar-refractivity contribution in [1.82, 2.24) is 14.5 Å². The molecule has 1 atom stereocenters. The lowest BCUT2D eigenvalue weighted by atomic mass is 9.77. The van der Waals surface area contributed by atoms with Crippen LogP contribution >= 0.6 is 0 Å². The van der Waals surface area contributed by atoms with Gasteiger partial charge in [-0.05, 0) is 59.7 Å². The van der Waals surface area contributed by atoms with Gasteiger partial charge in [0, 0.05) is 43.9 Å². The largest absolute Gasteiger partial charge is 0.496 e. The van der Waals surface area contributed by atoms with E-state index in [1.807, 2.05) is 52.9 Å². The van der Waals surface area contributed by atoms with Gasteiger partial charge < -0.3 is 28.8 Å². The van der Waals surface area contributed by atoms with Gasteiger partial charge >= 0.3 is 7.12 Å². The molecule has 0 amide bonds. The van der Waals surface area contributed by atoms with Gasteiger partial charge in [0.1, 0.15) is 11.5 Å². The Kier molecular flexibility index (Phi) is 6.43. The molecule has 0 unspecified atom stereocenters. The lowest BCUT2D eigenvalue weighted by Crippen LogP contribution is -2.59. The van der Waals surface area contributed by atoms with Crippen LogP contribution in [0.3, 0.4) is 0 Å². The summed E-state index contributed by atoms with van der Waals surface area (Å²) in [6.45, 7) is 17.0. The molecular formula is C26H38BN5O4. The normalized spacial score (nSPS) is 24.1. The van der Waals surface area contributed by atoms with E-state index in [9.17, 15) is 4.79 Å². The average molecular weight is 495 g/mol. The molecule has 0 bridgehead atoms. The highest BCUT2D eigenvalue weighted by Gasteiger charge is 2.52. The summed E-state index contributed by atoms with van der Waals surface area (Å²) in [5, 5.41) is 3.23. The molecule has 3 saturated heterocycles. The number of rotatable bonds is 5. The summed E-state index contributed by atoms with van der Waals surface area (Å²) < 4.78 is 19.5. The lowest BCUT2D eigenvalue weighted by Gasteiger charge is -2.46. The molecule has 3 aliphatic rings. The topological polar surface area (TPSA) is 81.1 Å². The van der Waals surface area contributed by atoms with Crippen molar-refractivity contribution in [1.29, 1.82) is 0 Å². The van der Waals surface area contributed by atoms with Crippen molar-refractivity contribution in [2.45, 2.75) is 64.8 Å². The molecule has 0 saturated carbocycles. The van der Waals surface area contributed by atoms with E-state index in [2.05, 4.69) is 33.1 Å². The zero-order valence-corrected chi connectivity index (χ0v) is 22.5. The average Bonchev–Trinajstić information content (AvgIpc) is 3.00. The molecule has 9 nitrogen and oxygen atoms in total. The number of nitrogens with zero attached hydrogens (tertiary/aromatic N) is 4. The summed E-state index contributed by atoms with van der Waals surface area (Å²) >= 11 is 0. The predicted octanol–water partition coefficient (Wildman–Crippen LogP) is 2.04. The Morgan fingerprint density at radius 1 is 1.11 bits per heavy atom. The van der Waals surface area contributed by atoms with Gasteiger partial charge in [0.25, 0.3) is 5.56 Å². The molecule has 0 aromatic carbocycles. The number of hydrogen-bond donors (Lipinski definition) is 1. The van der Waals surface area contributed by atoms with Gasteiger partial charge in [-0.25, -0.2) is 4.98 Å². The van der Waals surface area contributed by atoms with Gasteiger partial charge in [0.2, 0.25) is 0 Å². The molecule has 36 heavy (non-hydrogen) atoms. The van der Waals surface area contributed by atoms with Crippen LogP contribution in [0.5, 0.6) is 0 Å². The van der Waals surface area contributed by atoms with Gasteiger partial charge in [0.05, 0.1) is 42.3 Å². The van der Waals surface area contributed by atoms with E-state index in [0.29, 0.717) is 23.6 Å². The highest BCUT2D eigenvalue weighted by molar-refractivity contribution is 6.62. The first-order valence-electron chi connectivity index (χ1n) is 12.8. The van der Waals surface area contributed by atoms with Crippen LogP contribution in [0, 0.1) is 6.92 Å². The summed E-state index contributed by atoms with van der Waals surface area (Å²) in [5.41, 5.74) is 2.14. The van der Waals surface area contributed by atoms with E-state index in [1.165, 1.54) is 0 Å². The molecule has 10 heteroatoms. The maximum absolute atomic E-state index is 13.1. The fraction of sp³-hybridized carbons (Fsp3) is 0.615. The molecular weight excluding hydrogens is 457 g/mol. The number of aromatic nitrogens is 2. The summed E-state index contributed by atoms with van der Waals surface area (Å²) in [5.74, 6) is 0.623. The minimum Gasteiger partial charge on any atom is -0.399 e. The van der Waals surface area contributed by atoms with E-state index in [0.717, 1.165) is 49.7 Å². The van der Waals surface area contributed by atoms with Crippen molar-refractivity contribution >= 4 is 29.8 Å². The predicted molar refractivity (Wildman–Crippen MR) is 143 cm³/mol. The molecule has 0 spiro atoms. The van der Waals surface area contributed by atoms with Crippen molar-refractivity contribution in [2.24, 2.45) is 7.05 Å². The van der Waals surface area contributed by atoms with Gasteiger partial charge in [-0.2, -0.15) is 0 Å². The molecule has 3 fully saturated rings. The van der Waals surface area contributed by atoms with Crippen molar-refractivity contribution in [3.05, 3.63) is 40.4 Å². The van der Waals surface area contributed by atoms with E-state index in [4.69, 9.17) is 14.0 Å². The van der Waals surface area contributed by atoms with Crippen LogP contribution in [-0.4, -0.2) is 77.7 Å². The molecule has 5 heterocycles. The van der Waals surface area contributed by atoms with Gasteiger partial charge in [-0.3, -0.25) is 9.69 Å². The number of anilines is 3. The summed E-state index contributed by atoms with van der Waals surface area (Å²) in [6, 6.07) is 6.80. The molecule has 0 aliphatic carbocycles. The Balaban J connectivity index is 1.32. The van der Waals surface area contributed by atoms with Crippen molar-refractivity contribution in [3.8, 4) is 0 Å². The number of hydrogen-bond acceptors (Lipinski definition) is 8. The van der Waals surface area contributed by atoms with Gasteiger partial charge in [-0.15, -0.1) is 0 Å². The number of ether oxygens (including phenoxy) is 1. The fourth-order valence-corrected chi connectivity index (χ4v) is 5.05. The van der Waals surface area contributed by atoms with Crippen molar-refractivity contribution in [2.75, 3.05) is 43.1 Å². The van der Waals surface area contributed by atoms with Crippen molar-refractivity contribution < 1.29 is 14.0 Å². The highest BCUT2D eigenvalue weighted by atomic mass is 16.7. The van der Waals surface area contributed by atoms with Crippen LogP contribution in [0.25, 0.3) is 0 Å². The summed E-state index contributed by atoms with van der Waals surface area (Å²) in [4.78, 5) is 22.6. The summed E-state index contributed by atoms with van der Waals surface area (Å²) in [7, 11) is 1.22. The zero-order valence-electron chi connectivity index (χ0n) is 22.5. The smallest absolute Gasteiger partial charge is 0.399 e. The molecule has 0 radical (unpaired) electrons. The van der Waals surface area contributed by atoms with Gasteiger partial charge in [-0.1, -0.05) is 0 Å². The second-order valence-electron chi connectivity index (χ2n) is 11.3. The minimum atomic E-state index is -0.552. The van der Waals surface area contributed by atoms with E-state index < -0.39 is 18.3 Å². The Morgan fingerprint density at radius 3 is 2.36 bits per heavy atom. The van der Waals surface area contributed by atoms with Crippen LogP contribution in [0.2, 0.25) is 0 Å². The fourth-order valence-electron chi connectivity index (χ4n) is 5.05. The Hall–Kier alpha value is -2.40. The third-order valence-corrected chi connectivity index (χ3v) is 8.40. The third kappa shape index (κ3) is 4.45. The van der Waals surface area contributed by atoms with E-state index >= 15 is 0 Å². The van der Waals surface area contributed by atoms with Crippen LogP contribution in [0.15, 0.2) is 29.2 Å². The Bertz CT molecular complexity index is 1160. The molecule has 2 aromatic rings. The summed E-state index contributed by atoms with van der Waals surface area (Å²) in [6.07, 6.45) is 1.88. The molecule has 194 valence electrons. The standard InChI is InChI=1S/C26H38BN5O4/c1-17-14-31(20-15-34-16-20)10-11-32(17)19-8-9-23(28-13-19)29-22-12-21(18(2)30(7)24(22)33)27-35-25(3,4)26(5,6)36-27/h8-9,12-13,17,20H,10-11,14-16H2,1-7H3,(H,28,29)/t17-/m0/s1. The van der Waals surface area contributed by atoms with Crippen LogP contribution in [0.1, 0.15) is 40.3 Å². The lowest BCUT2D eigenvalue weighted by molar-refractivity contribution is -0.0691. The van der Waals surface area contributed by atoms with Crippen LogP contribution in [-0.2, 0) is 21.1 Å². The maximum atomic E-state index is 13.1. The zero-order chi connectivity index (χ0) is 25.8. The SMILES string of the molecule is Cc1c(B2OC(C)(C)C(C)(C)O2)cc(Nc2ccc(N3CCN(C4COC4)C[C@@H]3C)cn2)c(=O)n1C. The van der Waals surface area contributed by atoms with Gasteiger partial charge in [0.15, 0.2) is 0 Å². The van der Waals surface area contributed by atoms with E-state index in [1.54, 1.807) is 11.6 Å². The van der Waals surface area contributed by atoms with Crippen LogP contribution in [0.4, 0.5) is 17.2 Å². The number of piperazine rings is 1. The first-order valence-corrected chi connectivity index (χ1v) is 12.8. The van der Waals surface area contributed by atoms with E-state index in [-0.39, 0.29) is 5.56 Å². The minimum absolute atomic E-state index is 0.122. The molecule has 1 N–H and O–H groups in total. The first-order chi connectivity index (χ1) is 17.0. The van der Waals surface area contributed by atoms with Crippen LogP contribution < -0.4 is 21.2 Å². The highest BCUT2D eigenvalue weighted by Crippen LogP contribution is 2.36. The number of pyridine rings is 2. The third-order valence-electron chi connectivity index (χ3n) is 8.40.